The predicted molar refractivity (Wildman–Crippen MR) is 130 cm³/mol. The Morgan fingerprint density at radius 3 is 2.29 bits per heavy atom. The average molecular weight is 555 g/mol. The van der Waals surface area contributed by atoms with E-state index in [-0.39, 0.29) is 17.9 Å². The van der Waals surface area contributed by atoms with Crippen LogP contribution in [0.1, 0.15) is 26.3 Å². The number of sulfone groups is 1. The number of benzene rings is 1. The fourth-order valence-electron chi connectivity index (χ4n) is 3.77. The van der Waals surface area contributed by atoms with Gasteiger partial charge in [0.25, 0.3) is 5.91 Å². The van der Waals surface area contributed by atoms with Crippen LogP contribution in [-0.2, 0) is 49.8 Å². The van der Waals surface area contributed by atoms with E-state index in [1.165, 1.54) is 14.2 Å². The summed E-state index contributed by atoms with van der Waals surface area (Å²) >= 11 is 0. The number of hydrogen-bond donors (Lipinski definition) is 1. The van der Waals surface area contributed by atoms with Crippen molar-refractivity contribution in [1.82, 2.24) is 10.2 Å². The van der Waals surface area contributed by atoms with Gasteiger partial charge in [-0.05, 0) is 38.5 Å². The normalized spacial score (nSPS) is 20.1. The maximum atomic E-state index is 12.9. The van der Waals surface area contributed by atoms with Gasteiger partial charge < -0.3 is 29.0 Å². The van der Waals surface area contributed by atoms with Gasteiger partial charge in [0.2, 0.25) is 0 Å². The first-order chi connectivity index (χ1) is 17.8. The number of fused-ring (bicyclic) bond motifs is 1. The second-order valence-electron chi connectivity index (χ2n) is 9.45. The van der Waals surface area contributed by atoms with Crippen LogP contribution in [0.5, 0.6) is 5.75 Å². The molecule has 1 unspecified atom stereocenters. The highest BCUT2D eigenvalue weighted by Gasteiger charge is 2.61. The fourth-order valence-corrected chi connectivity index (χ4v) is 5.78. The summed E-state index contributed by atoms with van der Waals surface area (Å²) in [4.78, 5) is 50.4. The van der Waals surface area contributed by atoms with Gasteiger partial charge in [0.15, 0.2) is 21.3 Å². The van der Waals surface area contributed by atoms with Gasteiger partial charge in [0, 0.05) is 12.7 Å². The van der Waals surface area contributed by atoms with Crippen molar-refractivity contribution in [3.8, 4) is 5.75 Å². The number of methoxy groups -OCH3 is 2. The van der Waals surface area contributed by atoms with E-state index in [1.54, 1.807) is 45.0 Å². The number of amides is 2. The minimum Gasteiger partial charge on any atom is -0.497 e. The Morgan fingerprint density at radius 2 is 1.71 bits per heavy atom. The van der Waals surface area contributed by atoms with Crippen LogP contribution in [-0.4, -0.2) is 87.5 Å². The minimum absolute atomic E-state index is 0.0307. The highest BCUT2D eigenvalue weighted by Crippen LogP contribution is 2.38. The summed E-state index contributed by atoms with van der Waals surface area (Å²) in [6.07, 6.45) is -2.32. The molecule has 14 heteroatoms. The summed E-state index contributed by atoms with van der Waals surface area (Å²) in [5, 5.41) is 0.806. The van der Waals surface area contributed by atoms with E-state index < -0.39 is 69.8 Å². The Kier molecular flexibility index (Phi) is 8.67. The highest BCUT2D eigenvalue weighted by molar-refractivity contribution is 7.92. The van der Waals surface area contributed by atoms with Crippen LogP contribution in [0, 0.1) is 0 Å². The Balaban J connectivity index is 1.63. The van der Waals surface area contributed by atoms with E-state index in [2.05, 4.69) is 5.32 Å². The first kappa shape index (κ1) is 28.9. The zero-order valence-corrected chi connectivity index (χ0v) is 22.5. The van der Waals surface area contributed by atoms with Crippen LogP contribution in [0.25, 0.3) is 0 Å². The molecule has 208 valence electrons. The lowest BCUT2D eigenvalue weighted by Crippen LogP contribution is -2.70. The van der Waals surface area contributed by atoms with Crippen LogP contribution < -0.4 is 10.1 Å². The predicted octanol–water partition coefficient (Wildman–Crippen LogP) is 0.672. The van der Waals surface area contributed by atoms with Crippen molar-refractivity contribution in [2.75, 3.05) is 33.1 Å². The maximum absolute atomic E-state index is 12.9. The van der Waals surface area contributed by atoms with Gasteiger partial charge in [0.05, 0.1) is 12.9 Å². The number of carbonyl (C=O) groups is 4. The molecule has 2 aliphatic heterocycles. The molecule has 2 atom stereocenters. The Hall–Kier alpha value is -3.65. The van der Waals surface area contributed by atoms with Crippen molar-refractivity contribution in [1.29, 1.82) is 0 Å². The first-order valence-electron chi connectivity index (χ1n) is 11.5. The van der Waals surface area contributed by atoms with Gasteiger partial charge in [-0.3, -0.25) is 14.5 Å². The molecule has 3 rings (SSSR count). The van der Waals surface area contributed by atoms with Gasteiger partial charge in [-0.25, -0.2) is 18.0 Å². The topological polar surface area (TPSA) is 164 Å². The summed E-state index contributed by atoms with van der Waals surface area (Å²) in [5.74, 6) is -2.43. The molecule has 0 bridgehead atoms. The van der Waals surface area contributed by atoms with Crippen molar-refractivity contribution < 1.29 is 51.3 Å². The molecule has 2 amide bonds. The van der Waals surface area contributed by atoms with E-state index >= 15 is 0 Å². The monoisotopic (exact) mass is 554 g/mol. The molecule has 2 heterocycles. The number of alkyl carbamates (subject to hydrolysis) is 1. The molecule has 38 heavy (non-hydrogen) atoms. The molecule has 1 fully saturated rings. The number of carbonyl (C=O) groups excluding carboxylic acids is 4. The molecule has 1 saturated heterocycles. The van der Waals surface area contributed by atoms with E-state index in [1.807, 2.05) is 0 Å². The molecule has 0 aromatic heterocycles. The quantitative estimate of drug-likeness (QED) is 0.259. The zero-order chi connectivity index (χ0) is 28.3. The summed E-state index contributed by atoms with van der Waals surface area (Å²) in [7, 11) is -1.25. The van der Waals surface area contributed by atoms with Gasteiger partial charge in [0.1, 0.15) is 36.8 Å². The summed E-state index contributed by atoms with van der Waals surface area (Å²) in [6, 6.07) is 6.83. The summed E-state index contributed by atoms with van der Waals surface area (Å²) < 4.78 is 51.2. The molecule has 0 aliphatic carbocycles. The number of β-lactam (4-membered cyclic amide) rings is 1. The van der Waals surface area contributed by atoms with Crippen LogP contribution in [0.2, 0.25) is 0 Å². The first-order valence-corrected chi connectivity index (χ1v) is 13.2. The lowest BCUT2D eigenvalue weighted by Gasteiger charge is -2.48. The van der Waals surface area contributed by atoms with Crippen molar-refractivity contribution in [3.63, 3.8) is 0 Å². The number of hydrogen-bond acceptors (Lipinski definition) is 11. The smallest absolute Gasteiger partial charge is 0.407 e. The number of nitrogens with zero attached hydrogens (tertiary/aromatic N) is 1. The largest absolute Gasteiger partial charge is 0.497 e. The molecule has 13 nitrogen and oxygen atoms in total. The Bertz CT molecular complexity index is 1230. The molecule has 0 spiro atoms. The second kappa shape index (κ2) is 11.4. The van der Waals surface area contributed by atoms with Gasteiger partial charge in [-0.15, -0.1) is 0 Å². The van der Waals surface area contributed by atoms with Crippen molar-refractivity contribution in [2.45, 2.75) is 44.5 Å². The van der Waals surface area contributed by atoms with E-state index in [0.717, 1.165) is 4.90 Å². The van der Waals surface area contributed by atoms with E-state index in [4.69, 9.17) is 23.7 Å². The SMILES string of the molecule is COc1ccc(COC(=O)CNC(=O)OCC2=C(C(=O)OC(C)(C)C)N3C(=O)[C@@H](OC)C3S(=O)(=O)C2)cc1. The molecule has 1 N–H and O–H groups in total. The molecule has 1 aromatic carbocycles. The lowest BCUT2D eigenvalue weighted by atomic mass is 10.1. The van der Waals surface area contributed by atoms with Crippen molar-refractivity contribution in [3.05, 3.63) is 41.1 Å². The van der Waals surface area contributed by atoms with Gasteiger partial charge in [-0.2, -0.15) is 0 Å². The Morgan fingerprint density at radius 1 is 1.05 bits per heavy atom. The fraction of sp³-hybridized carbons (Fsp3) is 0.500. The zero-order valence-electron chi connectivity index (χ0n) is 21.6. The molecule has 0 radical (unpaired) electrons. The minimum atomic E-state index is -3.97. The van der Waals surface area contributed by atoms with Gasteiger partial charge in [-0.1, -0.05) is 12.1 Å². The second-order valence-corrected chi connectivity index (χ2v) is 11.6. The molecule has 2 aliphatic rings. The molecule has 1 aromatic rings. The third-order valence-electron chi connectivity index (χ3n) is 5.47. The van der Waals surface area contributed by atoms with E-state index in [9.17, 15) is 27.6 Å². The Labute approximate surface area is 219 Å². The standard InChI is InChI=1S/C24H30N2O11S/c1-24(2,3)37-22(29)18-15(13-38(31,32)21-19(34-5)20(28)26(18)21)12-36-23(30)25-10-17(27)35-11-14-6-8-16(33-4)9-7-14/h6-9,19,21H,10-13H2,1-5H3,(H,25,30)/t19-,21?/m1/s1. The lowest BCUT2D eigenvalue weighted by molar-refractivity contribution is -0.167. The van der Waals surface area contributed by atoms with E-state index in [0.29, 0.717) is 11.3 Å². The van der Waals surface area contributed by atoms with Crippen molar-refractivity contribution in [2.24, 2.45) is 0 Å². The highest BCUT2D eigenvalue weighted by atomic mass is 32.2. The van der Waals surface area contributed by atoms with Crippen LogP contribution in [0.4, 0.5) is 4.79 Å². The number of nitrogens with one attached hydrogen (secondary N) is 1. The number of rotatable bonds is 9. The maximum Gasteiger partial charge on any atom is 0.407 e. The summed E-state index contributed by atoms with van der Waals surface area (Å²) in [6.45, 7) is 3.63. The number of ether oxygens (including phenoxy) is 5. The summed E-state index contributed by atoms with van der Waals surface area (Å²) in [5.41, 5.74) is -0.697. The number of esters is 2. The van der Waals surface area contributed by atoms with Crippen LogP contribution >= 0.6 is 0 Å². The molecular weight excluding hydrogens is 524 g/mol. The molecular formula is C24H30N2O11S. The van der Waals surface area contributed by atoms with Gasteiger partial charge >= 0.3 is 18.0 Å². The van der Waals surface area contributed by atoms with Crippen molar-refractivity contribution >= 4 is 33.8 Å². The average Bonchev–Trinajstić information content (AvgIpc) is 2.84. The molecule has 0 saturated carbocycles. The third kappa shape index (κ3) is 6.61. The third-order valence-corrected chi connectivity index (χ3v) is 7.42. The van der Waals surface area contributed by atoms with Crippen LogP contribution in [0.15, 0.2) is 35.5 Å². The van der Waals surface area contributed by atoms with Crippen LogP contribution in [0.3, 0.4) is 0 Å².